The molecule has 0 aliphatic heterocycles. The lowest BCUT2D eigenvalue weighted by Gasteiger charge is -2.22. The van der Waals surface area contributed by atoms with Gasteiger partial charge in [0, 0.05) is 6.54 Å². The molecule has 0 radical (unpaired) electrons. The van der Waals surface area contributed by atoms with E-state index < -0.39 is 6.10 Å². The van der Waals surface area contributed by atoms with Crippen LogP contribution in [-0.2, 0) is 0 Å². The van der Waals surface area contributed by atoms with Crippen molar-refractivity contribution in [2.24, 2.45) is 0 Å². The summed E-state index contributed by atoms with van der Waals surface area (Å²) in [4.78, 5) is 2.01. The van der Waals surface area contributed by atoms with Crippen molar-refractivity contribution in [3.8, 4) is 12.3 Å². The van der Waals surface area contributed by atoms with Crippen molar-refractivity contribution in [2.75, 3.05) is 18.0 Å². The Bertz CT molecular complexity index is 395. The number of hydrogen-bond acceptors (Lipinski definition) is 2. The van der Waals surface area contributed by atoms with Gasteiger partial charge in [-0.2, -0.15) is 0 Å². The SMILES string of the molecule is C#CCN(CC)c1ccc([C@H](C)O)cc1Cl. The van der Waals surface area contributed by atoms with Crippen molar-refractivity contribution in [3.05, 3.63) is 28.8 Å². The molecule has 0 aliphatic rings. The van der Waals surface area contributed by atoms with Crippen molar-refractivity contribution in [2.45, 2.75) is 20.0 Å². The highest BCUT2D eigenvalue weighted by Gasteiger charge is 2.09. The summed E-state index contributed by atoms with van der Waals surface area (Å²) in [5.74, 6) is 2.60. The van der Waals surface area contributed by atoms with Crippen LogP contribution in [0.2, 0.25) is 5.02 Å². The number of benzene rings is 1. The Morgan fingerprint density at radius 3 is 2.69 bits per heavy atom. The fourth-order valence-corrected chi connectivity index (χ4v) is 1.83. The minimum absolute atomic E-state index is 0.505. The van der Waals surface area contributed by atoms with E-state index in [0.717, 1.165) is 17.8 Å². The molecule has 1 aromatic rings. The van der Waals surface area contributed by atoms with E-state index >= 15 is 0 Å². The molecule has 0 fully saturated rings. The van der Waals surface area contributed by atoms with E-state index in [0.29, 0.717) is 11.6 Å². The first-order valence-electron chi connectivity index (χ1n) is 5.26. The Morgan fingerprint density at radius 1 is 1.56 bits per heavy atom. The number of halogens is 1. The van der Waals surface area contributed by atoms with E-state index in [2.05, 4.69) is 5.92 Å². The van der Waals surface area contributed by atoms with Gasteiger partial charge in [-0.25, -0.2) is 0 Å². The third-order valence-electron chi connectivity index (χ3n) is 2.46. The van der Waals surface area contributed by atoms with Gasteiger partial charge in [-0.05, 0) is 31.5 Å². The summed E-state index contributed by atoms with van der Waals surface area (Å²) in [6.45, 7) is 5.07. The highest BCUT2D eigenvalue weighted by Crippen LogP contribution is 2.28. The molecule has 0 saturated carbocycles. The van der Waals surface area contributed by atoms with Gasteiger partial charge >= 0.3 is 0 Å². The van der Waals surface area contributed by atoms with E-state index in [9.17, 15) is 5.11 Å². The fraction of sp³-hybridized carbons (Fsp3) is 0.385. The summed E-state index contributed by atoms with van der Waals surface area (Å²) < 4.78 is 0. The number of nitrogens with zero attached hydrogens (tertiary/aromatic N) is 1. The van der Waals surface area contributed by atoms with Crippen LogP contribution >= 0.6 is 11.6 Å². The molecular weight excluding hydrogens is 222 g/mol. The van der Waals surface area contributed by atoms with Gasteiger partial charge in [0.05, 0.1) is 23.4 Å². The van der Waals surface area contributed by atoms with E-state index in [1.165, 1.54) is 0 Å². The smallest absolute Gasteiger partial charge is 0.0792 e. The van der Waals surface area contributed by atoms with Gasteiger partial charge in [0.25, 0.3) is 0 Å². The molecule has 86 valence electrons. The topological polar surface area (TPSA) is 23.5 Å². The molecule has 2 nitrogen and oxygen atoms in total. The number of rotatable bonds is 4. The van der Waals surface area contributed by atoms with Crippen LogP contribution in [0.25, 0.3) is 0 Å². The summed E-state index contributed by atoms with van der Waals surface area (Å²) in [5, 5.41) is 10.1. The predicted octanol–water partition coefficient (Wildman–Crippen LogP) is 2.85. The Labute approximate surface area is 102 Å². The second-order valence-electron chi connectivity index (χ2n) is 3.61. The predicted molar refractivity (Wildman–Crippen MR) is 68.8 cm³/mol. The van der Waals surface area contributed by atoms with Gasteiger partial charge < -0.3 is 10.0 Å². The van der Waals surface area contributed by atoms with Crippen molar-refractivity contribution < 1.29 is 5.11 Å². The van der Waals surface area contributed by atoms with Crippen molar-refractivity contribution in [3.63, 3.8) is 0 Å². The number of aliphatic hydroxyl groups is 1. The molecule has 1 N–H and O–H groups in total. The van der Waals surface area contributed by atoms with E-state index in [1.54, 1.807) is 13.0 Å². The second kappa shape index (κ2) is 5.79. The molecular formula is C13H16ClNO. The standard InChI is InChI=1S/C13H16ClNO/c1-4-8-15(5-2)13-7-6-11(10(3)16)9-12(13)14/h1,6-7,9-10,16H,5,8H2,2-3H3/t10-/m0/s1. The zero-order valence-corrected chi connectivity index (χ0v) is 10.3. The van der Waals surface area contributed by atoms with Crippen LogP contribution in [0.15, 0.2) is 18.2 Å². The highest BCUT2D eigenvalue weighted by atomic mass is 35.5. The van der Waals surface area contributed by atoms with Crippen molar-refractivity contribution in [1.29, 1.82) is 0 Å². The van der Waals surface area contributed by atoms with Crippen LogP contribution in [0.4, 0.5) is 5.69 Å². The van der Waals surface area contributed by atoms with Gasteiger partial charge in [0.2, 0.25) is 0 Å². The molecule has 0 aliphatic carbocycles. The van der Waals surface area contributed by atoms with Gasteiger partial charge in [-0.3, -0.25) is 0 Å². The maximum absolute atomic E-state index is 9.43. The fourth-order valence-electron chi connectivity index (χ4n) is 1.52. The minimum Gasteiger partial charge on any atom is -0.389 e. The maximum Gasteiger partial charge on any atom is 0.0792 e. The second-order valence-corrected chi connectivity index (χ2v) is 4.01. The molecule has 0 aromatic heterocycles. The minimum atomic E-state index is -0.505. The number of terminal acetylenes is 1. The monoisotopic (exact) mass is 237 g/mol. The summed E-state index contributed by atoms with van der Waals surface area (Å²) in [5.41, 5.74) is 1.72. The molecule has 0 saturated heterocycles. The molecule has 1 rings (SSSR count). The summed E-state index contributed by atoms with van der Waals surface area (Å²) >= 11 is 6.16. The summed E-state index contributed by atoms with van der Waals surface area (Å²) in [6.07, 6.45) is 4.79. The molecule has 0 bridgehead atoms. The molecule has 0 amide bonds. The Hall–Kier alpha value is -1.17. The average Bonchev–Trinajstić information content (AvgIpc) is 2.26. The molecule has 0 spiro atoms. The maximum atomic E-state index is 9.43. The largest absolute Gasteiger partial charge is 0.389 e. The van der Waals surface area contributed by atoms with Gasteiger partial charge in [-0.1, -0.05) is 23.6 Å². The van der Waals surface area contributed by atoms with Gasteiger partial charge in [0.15, 0.2) is 0 Å². The molecule has 0 unspecified atom stereocenters. The molecule has 1 atom stereocenters. The first-order chi connectivity index (χ1) is 7.60. The van der Waals surface area contributed by atoms with Crippen LogP contribution in [-0.4, -0.2) is 18.2 Å². The van der Waals surface area contributed by atoms with Crippen LogP contribution < -0.4 is 4.90 Å². The summed E-state index contributed by atoms with van der Waals surface area (Å²) in [7, 11) is 0. The number of anilines is 1. The normalized spacial score (nSPS) is 11.9. The lowest BCUT2D eigenvalue weighted by Crippen LogP contribution is -2.23. The van der Waals surface area contributed by atoms with Gasteiger partial charge in [0.1, 0.15) is 0 Å². The third kappa shape index (κ3) is 2.91. The van der Waals surface area contributed by atoms with Crippen LogP contribution in [0, 0.1) is 12.3 Å². The van der Waals surface area contributed by atoms with E-state index in [-0.39, 0.29) is 0 Å². The first-order valence-corrected chi connectivity index (χ1v) is 5.63. The van der Waals surface area contributed by atoms with E-state index in [4.69, 9.17) is 18.0 Å². The van der Waals surface area contributed by atoms with Crippen molar-refractivity contribution in [1.82, 2.24) is 0 Å². The highest BCUT2D eigenvalue weighted by molar-refractivity contribution is 6.33. The Balaban J connectivity index is 3.02. The number of aliphatic hydroxyl groups excluding tert-OH is 1. The Kier molecular flexibility index (Phi) is 4.67. The van der Waals surface area contributed by atoms with Crippen LogP contribution in [0.1, 0.15) is 25.5 Å². The lowest BCUT2D eigenvalue weighted by atomic mass is 10.1. The van der Waals surface area contributed by atoms with Gasteiger partial charge in [-0.15, -0.1) is 6.42 Å². The molecule has 0 heterocycles. The van der Waals surface area contributed by atoms with Crippen LogP contribution in [0.5, 0.6) is 0 Å². The lowest BCUT2D eigenvalue weighted by molar-refractivity contribution is 0.199. The number of hydrogen-bond donors (Lipinski definition) is 1. The molecule has 16 heavy (non-hydrogen) atoms. The van der Waals surface area contributed by atoms with E-state index in [1.807, 2.05) is 24.0 Å². The zero-order valence-electron chi connectivity index (χ0n) is 9.57. The third-order valence-corrected chi connectivity index (χ3v) is 2.76. The first kappa shape index (κ1) is 12.9. The zero-order chi connectivity index (χ0) is 12.1. The molecule has 1 aromatic carbocycles. The van der Waals surface area contributed by atoms with Crippen molar-refractivity contribution >= 4 is 17.3 Å². The molecule has 3 heteroatoms. The Morgan fingerprint density at radius 2 is 2.25 bits per heavy atom. The average molecular weight is 238 g/mol. The quantitative estimate of drug-likeness (QED) is 0.814. The summed E-state index contributed by atoms with van der Waals surface area (Å²) in [6, 6.07) is 5.54. The van der Waals surface area contributed by atoms with Crippen LogP contribution in [0.3, 0.4) is 0 Å².